The van der Waals surface area contributed by atoms with E-state index in [2.05, 4.69) is 35.8 Å². The van der Waals surface area contributed by atoms with Crippen LogP contribution in [0, 0.1) is 0 Å². The average molecular weight is 453 g/mol. The maximum atomic E-state index is 11.8. The van der Waals surface area contributed by atoms with Crippen LogP contribution in [0.15, 0.2) is 42.5 Å². The van der Waals surface area contributed by atoms with Gasteiger partial charge in [0, 0.05) is 12.0 Å². The van der Waals surface area contributed by atoms with Gasteiger partial charge in [0.25, 0.3) is 5.91 Å². The standard InChI is InChI=1S/C26H32N2O5/c1-2-5-20-16-19(18-10-12-27-13-11-18)8-9-23(20)32-15-4-14-31-22-7-3-6-21(17-22)24-25(29)28-26(30)33-24/h3,6-9,16-18,24,27H,2,4-5,10-15H2,1H3,(H,28,29,30). The molecule has 0 aromatic heterocycles. The van der Waals surface area contributed by atoms with Crippen molar-refractivity contribution in [3.63, 3.8) is 0 Å². The summed E-state index contributed by atoms with van der Waals surface area (Å²) in [6, 6.07) is 13.7. The quantitative estimate of drug-likeness (QED) is 0.524. The van der Waals surface area contributed by atoms with Gasteiger partial charge in [-0.3, -0.25) is 10.1 Å². The van der Waals surface area contributed by atoms with E-state index in [9.17, 15) is 9.59 Å². The van der Waals surface area contributed by atoms with E-state index in [1.165, 1.54) is 24.0 Å². The number of carbonyl (C=O) groups excluding carboxylic acids is 2. The Kier molecular flexibility index (Phi) is 7.83. The lowest BCUT2D eigenvalue weighted by atomic mass is 9.88. The van der Waals surface area contributed by atoms with Crippen molar-refractivity contribution in [2.24, 2.45) is 0 Å². The van der Waals surface area contributed by atoms with Crippen LogP contribution in [0.4, 0.5) is 4.79 Å². The summed E-state index contributed by atoms with van der Waals surface area (Å²) in [5, 5.41) is 5.57. The second-order valence-corrected chi connectivity index (χ2v) is 8.54. The van der Waals surface area contributed by atoms with Crippen molar-refractivity contribution in [3.8, 4) is 11.5 Å². The first kappa shape index (κ1) is 23.1. The molecule has 33 heavy (non-hydrogen) atoms. The third-order valence-corrected chi connectivity index (χ3v) is 6.08. The number of nitrogens with one attached hydrogen (secondary N) is 2. The molecule has 2 N–H and O–H groups in total. The van der Waals surface area contributed by atoms with E-state index in [1.807, 2.05) is 6.07 Å². The number of imide groups is 1. The van der Waals surface area contributed by atoms with E-state index in [0.29, 0.717) is 30.4 Å². The fraction of sp³-hybridized carbons (Fsp3) is 0.462. The first-order valence-corrected chi connectivity index (χ1v) is 11.8. The Morgan fingerprint density at radius 2 is 1.82 bits per heavy atom. The van der Waals surface area contributed by atoms with Crippen LogP contribution in [0.2, 0.25) is 0 Å². The minimum atomic E-state index is -0.922. The maximum absolute atomic E-state index is 11.8. The Morgan fingerprint density at radius 3 is 2.58 bits per heavy atom. The predicted octanol–water partition coefficient (Wildman–Crippen LogP) is 4.26. The van der Waals surface area contributed by atoms with Crippen LogP contribution in [0.3, 0.4) is 0 Å². The van der Waals surface area contributed by atoms with Crippen molar-refractivity contribution >= 4 is 12.0 Å². The van der Waals surface area contributed by atoms with Gasteiger partial charge in [-0.05, 0) is 67.6 Å². The zero-order chi connectivity index (χ0) is 23.0. The minimum absolute atomic E-state index is 0.459. The topological polar surface area (TPSA) is 85.9 Å². The molecule has 1 atom stereocenters. The smallest absolute Gasteiger partial charge is 0.415 e. The van der Waals surface area contributed by atoms with Crippen LogP contribution in [-0.4, -0.2) is 38.3 Å². The number of piperidine rings is 1. The minimum Gasteiger partial charge on any atom is -0.493 e. The molecule has 7 heteroatoms. The van der Waals surface area contributed by atoms with E-state index >= 15 is 0 Å². The zero-order valence-electron chi connectivity index (χ0n) is 19.1. The van der Waals surface area contributed by atoms with E-state index < -0.39 is 18.1 Å². The second-order valence-electron chi connectivity index (χ2n) is 8.54. The SMILES string of the molecule is CCCc1cc(C2CCNCC2)ccc1OCCCOc1cccc(C2OC(=O)NC2=O)c1. The molecule has 2 aliphatic rings. The number of cyclic esters (lactones) is 1. The number of ether oxygens (including phenoxy) is 3. The number of carbonyl (C=O) groups is 2. The largest absolute Gasteiger partial charge is 0.493 e. The van der Waals surface area contributed by atoms with Crippen LogP contribution in [0.1, 0.15) is 61.3 Å². The van der Waals surface area contributed by atoms with Gasteiger partial charge in [-0.25, -0.2) is 4.79 Å². The predicted molar refractivity (Wildman–Crippen MR) is 125 cm³/mol. The Morgan fingerprint density at radius 1 is 1.00 bits per heavy atom. The van der Waals surface area contributed by atoms with Crippen molar-refractivity contribution < 1.29 is 23.8 Å². The summed E-state index contributed by atoms with van der Waals surface area (Å²) in [6.45, 7) is 5.42. The zero-order valence-corrected chi connectivity index (χ0v) is 19.1. The first-order valence-electron chi connectivity index (χ1n) is 11.8. The molecule has 2 aromatic carbocycles. The molecular formula is C26H32N2O5. The number of amides is 2. The normalized spacial score (nSPS) is 18.6. The third-order valence-electron chi connectivity index (χ3n) is 6.08. The van der Waals surface area contributed by atoms with Gasteiger partial charge in [-0.2, -0.15) is 0 Å². The van der Waals surface area contributed by atoms with Gasteiger partial charge in [-0.15, -0.1) is 0 Å². The van der Waals surface area contributed by atoms with Crippen LogP contribution >= 0.6 is 0 Å². The lowest BCUT2D eigenvalue weighted by molar-refractivity contribution is -0.123. The molecule has 1 unspecified atom stereocenters. The molecule has 2 amide bonds. The summed E-state index contributed by atoms with van der Waals surface area (Å²) >= 11 is 0. The molecule has 2 fully saturated rings. The van der Waals surface area contributed by atoms with E-state index in [-0.39, 0.29) is 0 Å². The number of aryl methyl sites for hydroxylation is 1. The van der Waals surface area contributed by atoms with Gasteiger partial charge in [0.15, 0.2) is 0 Å². The van der Waals surface area contributed by atoms with Gasteiger partial charge in [0.2, 0.25) is 6.10 Å². The third kappa shape index (κ3) is 6.05. The fourth-order valence-electron chi connectivity index (χ4n) is 4.39. The fourth-order valence-corrected chi connectivity index (χ4v) is 4.39. The van der Waals surface area contributed by atoms with Crippen LogP contribution in [-0.2, 0) is 16.0 Å². The Balaban J connectivity index is 1.27. The summed E-state index contributed by atoms with van der Waals surface area (Å²) < 4.78 is 16.9. The molecule has 7 nitrogen and oxygen atoms in total. The second kappa shape index (κ2) is 11.2. The summed E-state index contributed by atoms with van der Waals surface area (Å²) in [7, 11) is 0. The van der Waals surface area contributed by atoms with Gasteiger partial charge in [-0.1, -0.05) is 37.6 Å². The van der Waals surface area contributed by atoms with E-state index in [4.69, 9.17) is 14.2 Å². The lowest BCUT2D eigenvalue weighted by Gasteiger charge is -2.24. The number of benzene rings is 2. The summed E-state index contributed by atoms with van der Waals surface area (Å²) in [5.74, 6) is 1.77. The van der Waals surface area contributed by atoms with Crippen molar-refractivity contribution in [2.75, 3.05) is 26.3 Å². The van der Waals surface area contributed by atoms with Crippen molar-refractivity contribution in [1.82, 2.24) is 10.6 Å². The monoisotopic (exact) mass is 452 g/mol. The highest BCUT2D eigenvalue weighted by Crippen LogP contribution is 2.30. The molecule has 0 bridgehead atoms. The molecule has 0 aliphatic carbocycles. The molecule has 0 saturated carbocycles. The van der Waals surface area contributed by atoms with Gasteiger partial charge in [0.1, 0.15) is 11.5 Å². The van der Waals surface area contributed by atoms with Gasteiger partial charge >= 0.3 is 6.09 Å². The molecule has 2 heterocycles. The van der Waals surface area contributed by atoms with Gasteiger partial charge in [0.05, 0.1) is 13.2 Å². The molecule has 2 aromatic rings. The molecule has 2 aliphatic heterocycles. The highest BCUT2D eigenvalue weighted by Gasteiger charge is 2.33. The summed E-state index contributed by atoms with van der Waals surface area (Å²) in [6.07, 6.45) is 3.56. The van der Waals surface area contributed by atoms with Crippen molar-refractivity contribution in [3.05, 3.63) is 59.2 Å². The summed E-state index contributed by atoms with van der Waals surface area (Å²) in [4.78, 5) is 23.0. The first-order chi connectivity index (χ1) is 16.1. The molecule has 4 rings (SSSR count). The average Bonchev–Trinajstić information content (AvgIpc) is 3.18. The molecule has 176 valence electrons. The number of hydrogen-bond donors (Lipinski definition) is 2. The van der Waals surface area contributed by atoms with E-state index in [1.54, 1.807) is 18.2 Å². The Labute approximate surface area is 194 Å². The van der Waals surface area contributed by atoms with Crippen LogP contribution in [0.25, 0.3) is 0 Å². The van der Waals surface area contributed by atoms with Crippen molar-refractivity contribution in [2.45, 2.75) is 51.0 Å². The summed E-state index contributed by atoms with van der Waals surface area (Å²) in [5.41, 5.74) is 3.30. The van der Waals surface area contributed by atoms with Gasteiger partial charge < -0.3 is 19.5 Å². The number of alkyl carbamates (subject to hydrolysis) is 1. The van der Waals surface area contributed by atoms with Crippen LogP contribution < -0.4 is 20.1 Å². The number of hydrogen-bond acceptors (Lipinski definition) is 6. The van der Waals surface area contributed by atoms with Crippen LogP contribution in [0.5, 0.6) is 11.5 Å². The Hall–Kier alpha value is -3.06. The Bertz CT molecular complexity index is 971. The van der Waals surface area contributed by atoms with E-state index in [0.717, 1.165) is 38.1 Å². The maximum Gasteiger partial charge on any atom is 0.415 e. The van der Waals surface area contributed by atoms with Crippen molar-refractivity contribution in [1.29, 1.82) is 0 Å². The molecule has 0 radical (unpaired) electrons. The molecule has 2 saturated heterocycles. The highest BCUT2D eigenvalue weighted by atomic mass is 16.6. The highest BCUT2D eigenvalue weighted by molar-refractivity contribution is 6.00. The lowest BCUT2D eigenvalue weighted by Crippen LogP contribution is -2.26. The molecular weight excluding hydrogens is 420 g/mol. The molecule has 0 spiro atoms. The number of rotatable bonds is 10.